The summed E-state index contributed by atoms with van der Waals surface area (Å²) in [6.45, 7) is 10.9. The first-order chi connectivity index (χ1) is 14.6. The summed E-state index contributed by atoms with van der Waals surface area (Å²) in [5.41, 5.74) is 4.86. The van der Waals surface area contributed by atoms with Crippen molar-refractivity contribution in [2.45, 2.75) is 53.2 Å². The van der Waals surface area contributed by atoms with Crippen molar-refractivity contribution in [2.75, 3.05) is 18.5 Å². The molecule has 1 aromatic heterocycles. The molecule has 3 rings (SSSR count). The smallest absolute Gasteiger partial charge is 0.121 e. The van der Waals surface area contributed by atoms with E-state index in [4.69, 9.17) is 4.74 Å². The molecule has 1 atom stereocenters. The molecular weight excluding hydrogens is 372 g/mol. The number of fused-ring (bicyclic) bond motifs is 1. The summed E-state index contributed by atoms with van der Waals surface area (Å²) in [7, 11) is 0. The van der Waals surface area contributed by atoms with Crippen molar-refractivity contribution in [3.05, 3.63) is 48.0 Å². The van der Waals surface area contributed by atoms with Gasteiger partial charge in [-0.25, -0.2) is 0 Å². The third kappa shape index (κ3) is 4.60. The Hall–Kier alpha value is -2.97. The molecule has 0 aliphatic heterocycles. The normalized spacial score (nSPS) is 12.0. The maximum atomic E-state index is 9.97. The highest BCUT2D eigenvalue weighted by atomic mass is 16.5. The number of hydrogen-bond donors (Lipinski definition) is 2. The molecule has 5 heteroatoms. The first-order valence-corrected chi connectivity index (χ1v) is 10.9. The average molecular weight is 405 g/mol. The Kier molecular flexibility index (Phi) is 7.37. The molecular formula is C25H32N4O. The number of nitriles is 1. The molecule has 2 aromatic carbocycles. The van der Waals surface area contributed by atoms with Gasteiger partial charge in [-0.2, -0.15) is 5.26 Å². The number of benzene rings is 2. The fourth-order valence-corrected chi connectivity index (χ4v) is 3.84. The van der Waals surface area contributed by atoms with Crippen LogP contribution in [0.25, 0.3) is 22.2 Å². The summed E-state index contributed by atoms with van der Waals surface area (Å²) >= 11 is 0. The minimum atomic E-state index is 0.203. The number of aromatic nitrogens is 1. The van der Waals surface area contributed by atoms with Crippen LogP contribution in [0.4, 0.5) is 5.69 Å². The van der Waals surface area contributed by atoms with Crippen LogP contribution in [0.1, 0.15) is 46.1 Å². The highest BCUT2D eigenvalue weighted by Crippen LogP contribution is 2.36. The van der Waals surface area contributed by atoms with Gasteiger partial charge in [-0.3, -0.25) is 5.32 Å². The lowest BCUT2D eigenvalue weighted by Crippen LogP contribution is -2.33. The quantitative estimate of drug-likeness (QED) is 0.423. The summed E-state index contributed by atoms with van der Waals surface area (Å²) in [6, 6.07) is 16.8. The standard InChI is InChI=1S/C25H32N4O/c1-5-14-27-18(4)28-20-10-8-19(9-11-20)25-23(17-26)22-13-12-21(30-7-3)16-24(22)29(25)15-6-2/h8-13,16,18,27-28H,5-7,14-15H2,1-4H3. The van der Waals surface area contributed by atoms with E-state index < -0.39 is 0 Å². The molecule has 30 heavy (non-hydrogen) atoms. The van der Waals surface area contributed by atoms with Gasteiger partial charge < -0.3 is 14.6 Å². The minimum absolute atomic E-state index is 0.203. The predicted molar refractivity (Wildman–Crippen MR) is 125 cm³/mol. The van der Waals surface area contributed by atoms with Crippen molar-refractivity contribution < 1.29 is 4.74 Å². The third-order valence-corrected chi connectivity index (χ3v) is 5.15. The monoisotopic (exact) mass is 404 g/mol. The van der Waals surface area contributed by atoms with E-state index in [1.54, 1.807) is 0 Å². The largest absolute Gasteiger partial charge is 0.494 e. The van der Waals surface area contributed by atoms with Gasteiger partial charge in [-0.1, -0.05) is 26.0 Å². The van der Waals surface area contributed by atoms with Gasteiger partial charge in [0.1, 0.15) is 11.8 Å². The van der Waals surface area contributed by atoms with Crippen LogP contribution in [0.15, 0.2) is 42.5 Å². The highest BCUT2D eigenvalue weighted by Gasteiger charge is 2.19. The van der Waals surface area contributed by atoms with Gasteiger partial charge >= 0.3 is 0 Å². The van der Waals surface area contributed by atoms with E-state index in [9.17, 15) is 5.26 Å². The number of nitrogens with zero attached hydrogens (tertiary/aromatic N) is 2. The second-order valence-corrected chi connectivity index (χ2v) is 7.50. The van der Waals surface area contributed by atoms with Crippen LogP contribution >= 0.6 is 0 Å². The number of hydrogen-bond acceptors (Lipinski definition) is 4. The zero-order valence-corrected chi connectivity index (χ0v) is 18.5. The summed E-state index contributed by atoms with van der Waals surface area (Å²) in [4.78, 5) is 0. The predicted octanol–water partition coefficient (Wildman–Crippen LogP) is 5.75. The Morgan fingerprint density at radius 1 is 1.07 bits per heavy atom. The molecule has 0 fully saturated rings. The topological polar surface area (TPSA) is 62.0 Å². The van der Waals surface area contributed by atoms with Crippen LogP contribution < -0.4 is 15.4 Å². The summed E-state index contributed by atoms with van der Waals surface area (Å²) in [5.74, 6) is 0.837. The SMILES string of the molecule is CCCNC(C)Nc1ccc(-c2c(C#N)c3ccc(OCC)cc3n2CCC)cc1. The number of anilines is 1. The number of aryl methyl sites for hydroxylation is 1. The molecule has 0 spiro atoms. The summed E-state index contributed by atoms with van der Waals surface area (Å²) < 4.78 is 7.96. The number of ether oxygens (including phenoxy) is 1. The van der Waals surface area contributed by atoms with Crippen LogP contribution in [0.5, 0.6) is 5.75 Å². The molecule has 1 unspecified atom stereocenters. The van der Waals surface area contributed by atoms with Crippen LogP contribution in [-0.2, 0) is 6.54 Å². The van der Waals surface area contributed by atoms with Crippen molar-refractivity contribution >= 4 is 16.6 Å². The molecule has 0 aliphatic rings. The van der Waals surface area contributed by atoms with Gasteiger partial charge in [0.25, 0.3) is 0 Å². The molecule has 0 bridgehead atoms. The van der Waals surface area contributed by atoms with Gasteiger partial charge in [0.2, 0.25) is 0 Å². The maximum absolute atomic E-state index is 9.97. The van der Waals surface area contributed by atoms with E-state index in [0.29, 0.717) is 6.61 Å². The van der Waals surface area contributed by atoms with Crippen molar-refractivity contribution in [1.29, 1.82) is 5.26 Å². The van der Waals surface area contributed by atoms with Gasteiger partial charge in [0.05, 0.1) is 29.5 Å². The summed E-state index contributed by atoms with van der Waals surface area (Å²) in [6.07, 6.45) is 2.30. The van der Waals surface area contributed by atoms with E-state index in [2.05, 4.69) is 72.4 Å². The number of rotatable bonds is 10. The minimum Gasteiger partial charge on any atom is -0.494 e. The Balaban J connectivity index is 2.02. The van der Waals surface area contributed by atoms with E-state index in [1.165, 1.54) is 0 Å². The van der Waals surface area contributed by atoms with Crippen LogP contribution in [0.2, 0.25) is 0 Å². The molecule has 3 aromatic rings. The van der Waals surface area contributed by atoms with Crippen molar-refractivity contribution in [1.82, 2.24) is 9.88 Å². The molecule has 2 N–H and O–H groups in total. The highest BCUT2D eigenvalue weighted by molar-refractivity contribution is 5.95. The Labute approximate surface area is 179 Å². The second kappa shape index (κ2) is 10.2. The molecule has 0 amide bonds. The van der Waals surface area contributed by atoms with E-state index in [1.807, 2.05) is 19.1 Å². The molecule has 5 nitrogen and oxygen atoms in total. The molecule has 158 valence electrons. The molecule has 1 heterocycles. The fourth-order valence-electron chi connectivity index (χ4n) is 3.84. The van der Waals surface area contributed by atoms with Gasteiger partial charge in [-0.05, 0) is 63.1 Å². The van der Waals surface area contributed by atoms with Crippen LogP contribution in [0, 0.1) is 11.3 Å². The van der Waals surface area contributed by atoms with Crippen LogP contribution in [-0.4, -0.2) is 23.9 Å². The Morgan fingerprint density at radius 2 is 1.83 bits per heavy atom. The molecule has 0 saturated carbocycles. The lowest BCUT2D eigenvalue weighted by Gasteiger charge is -2.17. The van der Waals surface area contributed by atoms with Crippen molar-refractivity contribution in [2.24, 2.45) is 0 Å². The first-order valence-electron chi connectivity index (χ1n) is 10.9. The summed E-state index contributed by atoms with van der Waals surface area (Å²) in [5, 5.41) is 17.9. The zero-order valence-electron chi connectivity index (χ0n) is 18.5. The average Bonchev–Trinajstić information content (AvgIpc) is 3.06. The maximum Gasteiger partial charge on any atom is 0.121 e. The lowest BCUT2D eigenvalue weighted by molar-refractivity contribution is 0.340. The van der Waals surface area contributed by atoms with E-state index >= 15 is 0 Å². The van der Waals surface area contributed by atoms with Crippen molar-refractivity contribution in [3.63, 3.8) is 0 Å². The van der Waals surface area contributed by atoms with Crippen molar-refractivity contribution in [3.8, 4) is 23.1 Å². The van der Waals surface area contributed by atoms with Gasteiger partial charge in [0.15, 0.2) is 0 Å². The van der Waals surface area contributed by atoms with E-state index in [0.717, 1.165) is 65.1 Å². The molecule has 0 saturated heterocycles. The van der Waals surface area contributed by atoms with Crippen LogP contribution in [0.3, 0.4) is 0 Å². The van der Waals surface area contributed by atoms with E-state index in [-0.39, 0.29) is 6.17 Å². The van der Waals surface area contributed by atoms with Gasteiger partial charge in [-0.15, -0.1) is 0 Å². The Bertz CT molecular complexity index is 1010. The first kappa shape index (κ1) is 21.7. The molecule has 0 aliphatic carbocycles. The zero-order chi connectivity index (χ0) is 21.5. The molecule has 0 radical (unpaired) electrons. The third-order valence-electron chi connectivity index (χ3n) is 5.15. The Morgan fingerprint density at radius 3 is 2.47 bits per heavy atom. The second-order valence-electron chi connectivity index (χ2n) is 7.50. The fraction of sp³-hybridized carbons (Fsp3) is 0.400. The number of nitrogens with one attached hydrogen (secondary N) is 2. The van der Waals surface area contributed by atoms with Gasteiger partial charge in [0, 0.05) is 23.7 Å². The lowest BCUT2D eigenvalue weighted by atomic mass is 10.1.